The van der Waals surface area contributed by atoms with Crippen molar-refractivity contribution < 1.29 is 0 Å². The van der Waals surface area contributed by atoms with Crippen LogP contribution in [0, 0.1) is 18.3 Å². The van der Waals surface area contributed by atoms with Crippen molar-refractivity contribution in [3.8, 4) is 6.07 Å². The third-order valence-electron chi connectivity index (χ3n) is 4.52. The summed E-state index contributed by atoms with van der Waals surface area (Å²) < 4.78 is 0. The Labute approximate surface area is 151 Å². The number of allylic oxidation sites excluding steroid dienone is 2. The SMILES string of the molecule is C=C(CC#N)N1CCCN(N(C)c2ncnc(C)c2/C=C\CC)CC1. The van der Waals surface area contributed by atoms with Crippen molar-refractivity contribution >= 4 is 11.9 Å². The van der Waals surface area contributed by atoms with E-state index in [-0.39, 0.29) is 0 Å². The van der Waals surface area contributed by atoms with Crippen LogP contribution < -0.4 is 5.01 Å². The van der Waals surface area contributed by atoms with Crippen LogP contribution in [0.5, 0.6) is 0 Å². The van der Waals surface area contributed by atoms with Gasteiger partial charge in [-0.25, -0.2) is 15.0 Å². The molecule has 1 aromatic heterocycles. The van der Waals surface area contributed by atoms with Crippen LogP contribution in [0.4, 0.5) is 5.82 Å². The van der Waals surface area contributed by atoms with E-state index in [2.05, 4.69) is 63.7 Å². The predicted molar refractivity (Wildman–Crippen MR) is 102 cm³/mol. The highest BCUT2D eigenvalue weighted by atomic mass is 15.6. The highest BCUT2D eigenvalue weighted by Gasteiger charge is 2.21. The average molecular weight is 340 g/mol. The van der Waals surface area contributed by atoms with Gasteiger partial charge in [0.05, 0.1) is 18.2 Å². The van der Waals surface area contributed by atoms with Crippen LogP contribution in [-0.2, 0) is 0 Å². The molecule has 0 spiro atoms. The summed E-state index contributed by atoms with van der Waals surface area (Å²) in [6, 6.07) is 2.19. The Hall–Kier alpha value is -2.39. The smallest absolute Gasteiger partial charge is 0.153 e. The second-order valence-corrected chi connectivity index (χ2v) is 6.23. The van der Waals surface area contributed by atoms with Gasteiger partial charge in [-0.05, 0) is 19.8 Å². The largest absolute Gasteiger partial charge is 0.373 e. The molecule has 0 atom stereocenters. The molecule has 0 aromatic carbocycles. The van der Waals surface area contributed by atoms with Gasteiger partial charge in [0.15, 0.2) is 5.82 Å². The first-order valence-corrected chi connectivity index (χ1v) is 8.84. The van der Waals surface area contributed by atoms with Gasteiger partial charge in [-0.3, -0.25) is 5.01 Å². The van der Waals surface area contributed by atoms with Gasteiger partial charge < -0.3 is 4.90 Å². The minimum Gasteiger partial charge on any atom is -0.373 e. The van der Waals surface area contributed by atoms with Crippen LogP contribution in [0.2, 0.25) is 0 Å². The van der Waals surface area contributed by atoms with Crippen molar-refractivity contribution in [2.24, 2.45) is 0 Å². The fourth-order valence-electron chi connectivity index (χ4n) is 3.02. The molecule has 1 saturated heterocycles. The number of nitrogens with zero attached hydrogens (tertiary/aromatic N) is 6. The Morgan fingerprint density at radius 1 is 1.36 bits per heavy atom. The van der Waals surface area contributed by atoms with E-state index in [1.165, 1.54) is 0 Å². The van der Waals surface area contributed by atoms with Crippen LogP contribution in [0.15, 0.2) is 24.7 Å². The zero-order chi connectivity index (χ0) is 18.2. The second-order valence-electron chi connectivity index (χ2n) is 6.23. The zero-order valence-electron chi connectivity index (χ0n) is 15.6. The molecule has 1 aliphatic rings. The maximum absolute atomic E-state index is 8.88. The highest BCUT2D eigenvalue weighted by Crippen LogP contribution is 2.23. The first-order chi connectivity index (χ1) is 12.1. The van der Waals surface area contributed by atoms with Gasteiger partial charge >= 0.3 is 0 Å². The van der Waals surface area contributed by atoms with Crippen LogP contribution in [-0.4, -0.2) is 53.1 Å². The molecule has 0 N–H and O–H groups in total. The Bertz CT molecular complexity index is 660. The first kappa shape index (κ1) is 18.9. The molecule has 1 aromatic rings. The summed E-state index contributed by atoms with van der Waals surface area (Å²) in [6.07, 6.45) is 8.28. The van der Waals surface area contributed by atoms with E-state index in [1.54, 1.807) is 6.33 Å². The van der Waals surface area contributed by atoms with E-state index < -0.39 is 0 Å². The molecule has 6 nitrogen and oxygen atoms in total. The molecule has 0 amide bonds. The summed E-state index contributed by atoms with van der Waals surface area (Å²) in [5.41, 5.74) is 2.97. The van der Waals surface area contributed by atoms with Crippen molar-refractivity contribution in [2.75, 3.05) is 38.2 Å². The molecule has 1 fully saturated rings. The summed E-state index contributed by atoms with van der Waals surface area (Å²) in [5.74, 6) is 0.932. The average Bonchev–Trinajstić information content (AvgIpc) is 2.86. The van der Waals surface area contributed by atoms with Crippen LogP contribution in [0.25, 0.3) is 6.08 Å². The molecular weight excluding hydrogens is 312 g/mol. The number of aromatic nitrogens is 2. The minimum absolute atomic E-state index is 0.396. The van der Waals surface area contributed by atoms with E-state index in [1.807, 2.05) is 6.92 Å². The maximum atomic E-state index is 8.88. The molecule has 0 bridgehead atoms. The molecule has 0 radical (unpaired) electrons. The van der Waals surface area contributed by atoms with Crippen molar-refractivity contribution in [3.05, 3.63) is 35.9 Å². The van der Waals surface area contributed by atoms with E-state index in [4.69, 9.17) is 5.26 Å². The van der Waals surface area contributed by atoms with Crippen LogP contribution in [0.1, 0.15) is 37.4 Å². The van der Waals surface area contributed by atoms with Crippen LogP contribution >= 0.6 is 0 Å². The molecule has 2 rings (SSSR count). The summed E-state index contributed by atoms with van der Waals surface area (Å²) in [5, 5.41) is 13.3. The summed E-state index contributed by atoms with van der Waals surface area (Å²) in [4.78, 5) is 11.1. The molecule has 1 aliphatic heterocycles. The van der Waals surface area contributed by atoms with Crippen molar-refractivity contribution in [3.63, 3.8) is 0 Å². The number of hydrogen-bond acceptors (Lipinski definition) is 6. The summed E-state index contributed by atoms with van der Waals surface area (Å²) >= 11 is 0. The lowest BCUT2D eigenvalue weighted by atomic mass is 10.2. The molecule has 25 heavy (non-hydrogen) atoms. The maximum Gasteiger partial charge on any atom is 0.153 e. The van der Waals surface area contributed by atoms with Crippen molar-refractivity contribution in [2.45, 2.75) is 33.1 Å². The standard InChI is InChI=1S/C19H28N6/c1-5-6-8-18-17(3)21-15-22-19(18)23(4)25-12-7-11-24(13-14-25)16(2)9-10-20/h6,8,15H,2,5,7,9,11-14H2,1,3-4H3/b8-6-. The Morgan fingerprint density at radius 2 is 2.16 bits per heavy atom. The molecule has 134 valence electrons. The van der Waals surface area contributed by atoms with E-state index in [0.29, 0.717) is 6.42 Å². The lowest BCUT2D eigenvalue weighted by Crippen LogP contribution is -2.43. The second kappa shape index (κ2) is 9.19. The van der Waals surface area contributed by atoms with E-state index in [0.717, 1.165) is 61.8 Å². The number of hydrazine groups is 1. The zero-order valence-corrected chi connectivity index (χ0v) is 15.6. The Morgan fingerprint density at radius 3 is 2.88 bits per heavy atom. The molecule has 0 aliphatic carbocycles. The van der Waals surface area contributed by atoms with Gasteiger partial charge in [0.1, 0.15) is 6.33 Å². The van der Waals surface area contributed by atoms with Gasteiger partial charge in [-0.1, -0.05) is 25.7 Å². The number of hydrogen-bond donors (Lipinski definition) is 0. The molecule has 6 heteroatoms. The van der Waals surface area contributed by atoms with E-state index >= 15 is 0 Å². The van der Waals surface area contributed by atoms with Crippen molar-refractivity contribution in [1.29, 1.82) is 5.26 Å². The third kappa shape index (κ3) is 4.80. The number of aryl methyl sites for hydroxylation is 1. The highest BCUT2D eigenvalue weighted by molar-refractivity contribution is 5.65. The van der Waals surface area contributed by atoms with Gasteiger partial charge in [0.25, 0.3) is 0 Å². The first-order valence-electron chi connectivity index (χ1n) is 8.84. The predicted octanol–water partition coefficient (Wildman–Crippen LogP) is 2.99. The molecule has 2 heterocycles. The minimum atomic E-state index is 0.396. The van der Waals surface area contributed by atoms with Crippen molar-refractivity contribution in [1.82, 2.24) is 19.9 Å². The Kier molecular flexibility index (Phi) is 6.96. The molecule has 0 saturated carbocycles. The Balaban J connectivity index is 2.15. The monoisotopic (exact) mass is 340 g/mol. The number of anilines is 1. The van der Waals surface area contributed by atoms with Gasteiger partial charge in [0.2, 0.25) is 0 Å². The lowest BCUT2D eigenvalue weighted by molar-refractivity contribution is 0.267. The van der Waals surface area contributed by atoms with Crippen LogP contribution in [0.3, 0.4) is 0 Å². The number of nitriles is 1. The summed E-state index contributed by atoms with van der Waals surface area (Å²) in [7, 11) is 2.06. The normalized spacial score (nSPS) is 15.8. The van der Waals surface area contributed by atoms with Gasteiger partial charge in [0, 0.05) is 44.5 Å². The summed E-state index contributed by atoms with van der Waals surface area (Å²) in [6.45, 7) is 11.8. The third-order valence-corrected chi connectivity index (χ3v) is 4.52. The van der Waals surface area contributed by atoms with Gasteiger partial charge in [-0.15, -0.1) is 0 Å². The van der Waals surface area contributed by atoms with E-state index in [9.17, 15) is 0 Å². The number of rotatable bonds is 6. The lowest BCUT2D eigenvalue weighted by Gasteiger charge is -2.33. The fourth-order valence-corrected chi connectivity index (χ4v) is 3.02. The molecular formula is C19H28N6. The fraction of sp³-hybridized carbons (Fsp3) is 0.526. The van der Waals surface area contributed by atoms with Gasteiger partial charge in [-0.2, -0.15) is 5.26 Å². The topological polar surface area (TPSA) is 59.3 Å². The quantitative estimate of drug-likeness (QED) is 0.793. The molecule has 0 unspecified atom stereocenters.